The lowest BCUT2D eigenvalue weighted by Gasteiger charge is -2.09. The Hall–Kier alpha value is -2.29. The largest absolute Gasteiger partial charge is 0.491 e. The molecule has 0 aliphatic heterocycles. The third-order valence-corrected chi connectivity index (χ3v) is 3.39. The lowest BCUT2D eigenvalue weighted by Crippen LogP contribution is -2.03. The number of hydrogen-bond donors (Lipinski definition) is 0. The number of benzene rings is 2. The van der Waals surface area contributed by atoms with E-state index in [-0.39, 0.29) is 5.82 Å². The van der Waals surface area contributed by atoms with Crippen LogP contribution in [0.2, 0.25) is 0 Å². The van der Waals surface area contributed by atoms with Crippen molar-refractivity contribution in [2.75, 3.05) is 6.61 Å². The zero-order chi connectivity index (χ0) is 13.9. The van der Waals surface area contributed by atoms with E-state index >= 15 is 0 Å². The molecule has 3 aromatic rings. The van der Waals surface area contributed by atoms with Crippen LogP contribution in [0, 0.1) is 5.82 Å². The Balaban J connectivity index is 1.79. The summed E-state index contributed by atoms with van der Waals surface area (Å²) in [6, 6.07) is 15.0. The van der Waals surface area contributed by atoms with Gasteiger partial charge < -0.3 is 9.30 Å². The second-order valence-corrected chi connectivity index (χ2v) is 4.85. The molecule has 0 spiro atoms. The van der Waals surface area contributed by atoms with Crippen molar-refractivity contribution in [1.82, 2.24) is 4.57 Å². The summed E-state index contributed by atoms with van der Waals surface area (Å²) in [5.74, 6) is 0.335. The van der Waals surface area contributed by atoms with Crippen molar-refractivity contribution >= 4 is 10.9 Å². The average molecular weight is 269 g/mol. The molecule has 0 atom stereocenters. The lowest BCUT2D eigenvalue weighted by atomic mass is 10.2. The summed E-state index contributed by atoms with van der Waals surface area (Å²) >= 11 is 0. The third-order valence-electron chi connectivity index (χ3n) is 3.39. The fourth-order valence-electron chi connectivity index (χ4n) is 2.40. The number of aromatic nitrogens is 1. The van der Waals surface area contributed by atoms with Gasteiger partial charge in [-0.15, -0.1) is 0 Å². The zero-order valence-corrected chi connectivity index (χ0v) is 11.3. The van der Waals surface area contributed by atoms with Crippen molar-refractivity contribution in [3.05, 3.63) is 66.1 Å². The van der Waals surface area contributed by atoms with Gasteiger partial charge in [0.1, 0.15) is 11.6 Å². The summed E-state index contributed by atoms with van der Waals surface area (Å²) < 4.78 is 21.3. The van der Waals surface area contributed by atoms with Crippen LogP contribution in [-0.4, -0.2) is 11.2 Å². The first-order valence-electron chi connectivity index (χ1n) is 6.65. The molecule has 20 heavy (non-hydrogen) atoms. The van der Waals surface area contributed by atoms with Crippen LogP contribution in [-0.2, 0) is 13.5 Å². The Bertz CT molecular complexity index is 718. The van der Waals surface area contributed by atoms with E-state index in [0.29, 0.717) is 12.4 Å². The monoisotopic (exact) mass is 269 g/mol. The Kier molecular flexibility index (Phi) is 3.42. The number of fused-ring (bicyclic) bond motifs is 1. The highest BCUT2D eigenvalue weighted by Gasteiger charge is 2.08. The molecule has 0 saturated carbocycles. The quantitative estimate of drug-likeness (QED) is 0.699. The topological polar surface area (TPSA) is 14.2 Å². The Morgan fingerprint density at radius 3 is 2.70 bits per heavy atom. The van der Waals surface area contributed by atoms with E-state index in [9.17, 15) is 4.39 Å². The first-order chi connectivity index (χ1) is 9.74. The van der Waals surface area contributed by atoms with Gasteiger partial charge in [-0.25, -0.2) is 4.39 Å². The molecule has 1 heterocycles. The molecule has 102 valence electrons. The molecule has 0 fully saturated rings. The van der Waals surface area contributed by atoms with Crippen LogP contribution in [0.15, 0.2) is 54.7 Å². The van der Waals surface area contributed by atoms with E-state index in [2.05, 4.69) is 12.1 Å². The van der Waals surface area contributed by atoms with Gasteiger partial charge in [0.25, 0.3) is 0 Å². The van der Waals surface area contributed by atoms with Gasteiger partial charge in [0.05, 0.1) is 12.1 Å². The number of nitrogens with zero attached hydrogens (tertiary/aromatic N) is 1. The van der Waals surface area contributed by atoms with Crippen molar-refractivity contribution in [2.24, 2.45) is 7.05 Å². The summed E-state index contributed by atoms with van der Waals surface area (Å²) in [5, 5.41) is 0.863. The maximum Gasteiger partial charge on any atom is 0.146 e. The van der Waals surface area contributed by atoms with Crippen LogP contribution in [0.1, 0.15) is 5.56 Å². The summed E-state index contributed by atoms with van der Waals surface area (Å²) in [7, 11) is 1.93. The van der Waals surface area contributed by atoms with Crippen LogP contribution < -0.4 is 4.74 Å². The van der Waals surface area contributed by atoms with Crippen LogP contribution in [0.3, 0.4) is 0 Å². The van der Waals surface area contributed by atoms with E-state index in [0.717, 1.165) is 17.3 Å². The van der Waals surface area contributed by atoms with E-state index in [1.54, 1.807) is 0 Å². The minimum absolute atomic E-state index is 0.265. The van der Waals surface area contributed by atoms with Crippen molar-refractivity contribution in [3.8, 4) is 5.75 Å². The molecule has 0 unspecified atom stereocenters. The van der Waals surface area contributed by atoms with Crippen molar-refractivity contribution < 1.29 is 9.13 Å². The van der Waals surface area contributed by atoms with Gasteiger partial charge in [0, 0.05) is 31.1 Å². The maximum atomic E-state index is 13.6. The minimum Gasteiger partial charge on any atom is -0.491 e. The molecule has 3 heteroatoms. The summed E-state index contributed by atoms with van der Waals surface area (Å²) in [6.07, 6.45) is 2.72. The highest BCUT2D eigenvalue weighted by atomic mass is 19.1. The van der Waals surface area contributed by atoms with E-state index in [1.807, 2.05) is 42.1 Å². The van der Waals surface area contributed by atoms with E-state index in [1.165, 1.54) is 17.7 Å². The predicted octanol–water partition coefficient (Wildman–Crippen LogP) is 3.94. The fraction of sp³-hybridized carbons (Fsp3) is 0.176. The molecule has 0 saturated heterocycles. The van der Waals surface area contributed by atoms with E-state index < -0.39 is 0 Å². The highest BCUT2D eigenvalue weighted by molar-refractivity contribution is 5.86. The highest BCUT2D eigenvalue weighted by Crippen LogP contribution is 2.27. The Morgan fingerprint density at radius 1 is 1.10 bits per heavy atom. The first-order valence-corrected chi connectivity index (χ1v) is 6.65. The number of hydrogen-bond acceptors (Lipinski definition) is 1. The van der Waals surface area contributed by atoms with Crippen LogP contribution in [0.4, 0.5) is 4.39 Å². The molecule has 0 bridgehead atoms. The lowest BCUT2D eigenvalue weighted by molar-refractivity contribution is 0.323. The summed E-state index contributed by atoms with van der Waals surface area (Å²) in [5.41, 5.74) is 2.14. The second kappa shape index (κ2) is 5.37. The molecule has 0 radical (unpaired) electrons. The Labute approximate surface area is 117 Å². The number of aryl methyl sites for hydroxylation is 1. The molecule has 0 N–H and O–H groups in total. The van der Waals surface area contributed by atoms with E-state index in [4.69, 9.17) is 4.74 Å². The first kappa shape index (κ1) is 12.7. The summed E-state index contributed by atoms with van der Waals surface area (Å²) in [4.78, 5) is 0. The smallest absolute Gasteiger partial charge is 0.146 e. The van der Waals surface area contributed by atoms with Gasteiger partial charge in [0.15, 0.2) is 0 Å². The van der Waals surface area contributed by atoms with Crippen molar-refractivity contribution in [3.63, 3.8) is 0 Å². The molecule has 3 rings (SSSR count). The molecule has 2 nitrogen and oxygen atoms in total. The van der Waals surface area contributed by atoms with Gasteiger partial charge in [-0.05, 0) is 17.7 Å². The number of halogens is 1. The van der Waals surface area contributed by atoms with Crippen molar-refractivity contribution in [2.45, 2.75) is 6.42 Å². The molecule has 2 aromatic carbocycles. The average Bonchev–Trinajstić information content (AvgIpc) is 2.81. The summed E-state index contributed by atoms with van der Waals surface area (Å²) in [6.45, 7) is 0.535. The van der Waals surface area contributed by atoms with Gasteiger partial charge in [0.2, 0.25) is 0 Å². The molecular formula is C17H16FNO. The van der Waals surface area contributed by atoms with Gasteiger partial charge in [-0.2, -0.15) is 0 Å². The second-order valence-electron chi connectivity index (χ2n) is 4.85. The molecule has 1 aromatic heterocycles. The molecule has 0 amide bonds. The minimum atomic E-state index is -0.265. The molecule has 0 aliphatic carbocycles. The van der Waals surface area contributed by atoms with Crippen LogP contribution >= 0.6 is 0 Å². The zero-order valence-electron chi connectivity index (χ0n) is 11.3. The maximum absolute atomic E-state index is 13.6. The van der Waals surface area contributed by atoms with Crippen molar-refractivity contribution in [1.29, 1.82) is 0 Å². The SMILES string of the molecule is Cn1ccc2cc(F)cc(OCCc3ccccc3)c21. The Morgan fingerprint density at radius 2 is 1.90 bits per heavy atom. The third kappa shape index (κ3) is 2.52. The number of ether oxygens (including phenoxy) is 1. The van der Waals surface area contributed by atoms with Crippen LogP contribution in [0.5, 0.6) is 5.75 Å². The van der Waals surface area contributed by atoms with Gasteiger partial charge in [-0.1, -0.05) is 30.3 Å². The number of rotatable bonds is 4. The van der Waals surface area contributed by atoms with Crippen LogP contribution in [0.25, 0.3) is 10.9 Å². The predicted molar refractivity (Wildman–Crippen MR) is 78.5 cm³/mol. The molecule has 0 aliphatic rings. The molecular weight excluding hydrogens is 253 g/mol. The fourth-order valence-corrected chi connectivity index (χ4v) is 2.40. The standard InChI is InChI=1S/C17H16FNO/c1-19-9-7-14-11-15(18)12-16(17(14)19)20-10-8-13-5-3-2-4-6-13/h2-7,9,11-12H,8,10H2,1H3. The van der Waals surface area contributed by atoms with Gasteiger partial charge >= 0.3 is 0 Å². The normalized spacial score (nSPS) is 10.9. The van der Waals surface area contributed by atoms with Gasteiger partial charge in [-0.3, -0.25) is 0 Å².